The van der Waals surface area contributed by atoms with Gasteiger partial charge in [-0.25, -0.2) is 0 Å². The lowest BCUT2D eigenvalue weighted by molar-refractivity contribution is -0.121. The zero-order chi connectivity index (χ0) is 15.0. The summed E-state index contributed by atoms with van der Waals surface area (Å²) in [5, 5.41) is 17.2. The van der Waals surface area contributed by atoms with Gasteiger partial charge < -0.3 is 15.2 Å². The van der Waals surface area contributed by atoms with E-state index in [1.54, 1.807) is 10.9 Å². The highest BCUT2D eigenvalue weighted by molar-refractivity contribution is 5.94. The van der Waals surface area contributed by atoms with Gasteiger partial charge in [-0.2, -0.15) is 5.10 Å². The number of rotatable bonds is 3. The summed E-state index contributed by atoms with van der Waals surface area (Å²) in [6.07, 6.45) is 5.36. The van der Waals surface area contributed by atoms with Crippen molar-refractivity contribution in [3.63, 3.8) is 0 Å². The summed E-state index contributed by atoms with van der Waals surface area (Å²) in [5.74, 6) is 0.628. The first-order chi connectivity index (χ1) is 10.1. The first-order valence-corrected chi connectivity index (χ1v) is 7.38. The van der Waals surface area contributed by atoms with Crippen molar-refractivity contribution in [2.24, 2.45) is 0 Å². The Morgan fingerprint density at radius 1 is 1.52 bits per heavy atom. The molecule has 3 rings (SSSR count). The maximum absolute atomic E-state index is 12.3. The third-order valence-corrected chi connectivity index (χ3v) is 4.24. The highest BCUT2D eigenvalue weighted by Crippen LogP contribution is 2.33. The van der Waals surface area contributed by atoms with Crippen molar-refractivity contribution in [1.29, 1.82) is 0 Å². The summed E-state index contributed by atoms with van der Waals surface area (Å²) in [4.78, 5) is 12.3. The van der Waals surface area contributed by atoms with Crippen molar-refractivity contribution in [3.8, 4) is 0 Å². The molecule has 0 aromatic carbocycles. The molecular formula is C15H21N3O3. The smallest absolute Gasteiger partial charge is 0.250 e. The van der Waals surface area contributed by atoms with Crippen LogP contribution in [0.5, 0.6) is 0 Å². The molecule has 6 heteroatoms. The van der Waals surface area contributed by atoms with E-state index in [1.165, 1.54) is 0 Å². The first-order valence-electron chi connectivity index (χ1n) is 7.38. The third-order valence-electron chi connectivity index (χ3n) is 4.24. The van der Waals surface area contributed by atoms with Gasteiger partial charge in [0.2, 0.25) is 0 Å². The molecule has 0 radical (unpaired) electrons. The quantitative estimate of drug-likeness (QED) is 0.873. The lowest BCUT2D eigenvalue weighted by Crippen LogP contribution is -2.56. The van der Waals surface area contributed by atoms with Gasteiger partial charge in [0.15, 0.2) is 0 Å². The van der Waals surface area contributed by atoms with Crippen molar-refractivity contribution in [2.45, 2.75) is 51.3 Å². The molecule has 114 valence electrons. The summed E-state index contributed by atoms with van der Waals surface area (Å²) in [5.41, 5.74) is 1.76. The number of aliphatic hydroxyl groups excluding tert-OH is 1. The van der Waals surface area contributed by atoms with E-state index in [4.69, 9.17) is 4.74 Å². The first kappa shape index (κ1) is 14.1. The predicted octanol–water partition coefficient (Wildman–Crippen LogP) is 1.07. The van der Waals surface area contributed by atoms with Crippen LogP contribution in [0, 0.1) is 6.92 Å². The molecule has 21 heavy (non-hydrogen) atoms. The van der Waals surface area contributed by atoms with Gasteiger partial charge in [-0.05, 0) is 38.7 Å². The average molecular weight is 291 g/mol. The molecule has 1 fully saturated rings. The standard InChI is InChI=1S/C15H21N3O3/c1-9-7-16-18(8-9)14-12(6-13(14)19)17-15(20)11-4-3-5-21-10(11)2/h7-8,12-14,19H,3-6H2,1-2H3,(H,17,20)/t12-,13+,14+/m0/s1. The van der Waals surface area contributed by atoms with Crippen molar-refractivity contribution in [3.05, 3.63) is 29.3 Å². The summed E-state index contributed by atoms with van der Waals surface area (Å²) in [6, 6.07) is -0.276. The Labute approximate surface area is 123 Å². The number of hydrogen-bond donors (Lipinski definition) is 2. The van der Waals surface area contributed by atoms with Gasteiger partial charge in [-0.3, -0.25) is 9.48 Å². The molecule has 2 aliphatic rings. The Morgan fingerprint density at radius 2 is 2.33 bits per heavy atom. The fourth-order valence-corrected chi connectivity index (χ4v) is 2.98. The Balaban J connectivity index is 1.69. The van der Waals surface area contributed by atoms with E-state index in [2.05, 4.69) is 10.4 Å². The second-order valence-electron chi connectivity index (χ2n) is 5.86. The molecule has 0 spiro atoms. The Hall–Kier alpha value is -1.82. The molecule has 0 unspecified atom stereocenters. The number of hydrogen-bond acceptors (Lipinski definition) is 4. The van der Waals surface area contributed by atoms with Crippen LogP contribution in [0.15, 0.2) is 23.7 Å². The number of nitrogens with zero attached hydrogens (tertiary/aromatic N) is 2. The van der Waals surface area contributed by atoms with E-state index in [9.17, 15) is 9.90 Å². The summed E-state index contributed by atoms with van der Waals surface area (Å²) < 4.78 is 7.18. The van der Waals surface area contributed by atoms with Crippen LogP contribution in [0.2, 0.25) is 0 Å². The van der Waals surface area contributed by atoms with Gasteiger partial charge in [-0.15, -0.1) is 0 Å². The minimum Gasteiger partial charge on any atom is -0.498 e. The summed E-state index contributed by atoms with van der Waals surface area (Å²) >= 11 is 0. The van der Waals surface area contributed by atoms with Gasteiger partial charge in [0, 0.05) is 6.20 Å². The van der Waals surface area contributed by atoms with Crippen LogP contribution in [0.4, 0.5) is 0 Å². The number of nitrogens with one attached hydrogen (secondary N) is 1. The van der Waals surface area contributed by atoms with Crippen LogP contribution in [-0.4, -0.2) is 39.5 Å². The number of allylic oxidation sites excluding steroid dienone is 1. The second-order valence-corrected chi connectivity index (χ2v) is 5.86. The lowest BCUT2D eigenvalue weighted by Gasteiger charge is -2.42. The van der Waals surface area contributed by atoms with Gasteiger partial charge >= 0.3 is 0 Å². The van der Waals surface area contributed by atoms with Crippen LogP contribution in [0.3, 0.4) is 0 Å². The third kappa shape index (κ3) is 2.68. The summed E-state index contributed by atoms with van der Waals surface area (Å²) in [6.45, 7) is 4.47. The van der Waals surface area contributed by atoms with Crippen molar-refractivity contribution in [2.75, 3.05) is 6.61 Å². The van der Waals surface area contributed by atoms with E-state index >= 15 is 0 Å². The largest absolute Gasteiger partial charge is 0.498 e. The van der Waals surface area contributed by atoms with Crippen LogP contribution < -0.4 is 5.32 Å². The van der Waals surface area contributed by atoms with Gasteiger partial charge in [0.05, 0.1) is 36.6 Å². The number of aliphatic hydroxyl groups is 1. The molecule has 1 aromatic heterocycles. The van der Waals surface area contributed by atoms with Crippen molar-refractivity contribution >= 4 is 5.91 Å². The number of carbonyl (C=O) groups is 1. The molecule has 1 aromatic rings. The maximum Gasteiger partial charge on any atom is 0.250 e. The SMILES string of the molecule is CC1=C(C(=O)N[C@H]2C[C@@H](O)[C@@H]2n2cc(C)cn2)CCCO1. The number of ether oxygens (including phenoxy) is 1. The topological polar surface area (TPSA) is 76.4 Å². The second kappa shape index (κ2) is 5.52. The van der Waals surface area contributed by atoms with Crippen LogP contribution in [-0.2, 0) is 9.53 Å². The molecule has 3 atom stereocenters. The minimum atomic E-state index is -0.465. The summed E-state index contributed by atoms with van der Waals surface area (Å²) in [7, 11) is 0. The van der Waals surface area contributed by atoms with E-state index < -0.39 is 6.10 Å². The molecule has 0 bridgehead atoms. The fraction of sp³-hybridized carbons (Fsp3) is 0.600. The van der Waals surface area contributed by atoms with Crippen LogP contribution >= 0.6 is 0 Å². The van der Waals surface area contributed by atoms with Gasteiger partial charge in [0.25, 0.3) is 5.91 Å². The van der Waals surface area contributed by atoms with Crippen LogP contribution in [0.1, 0.15) is 37.8 Å². The number of aromatic nitrogens is 2. The zero-order valence-electron chi connectivity index (χ0n) is 12.4. The maximum atomic E-state index is 12.3. The molecule has 1 saturated carbocycles. The van der Waals surface area contributed by atoms with Crippen LogP contribution in [0.25, 0.3) is 0 Å². The number of carbonyl (C=O) groups excluding carboxylic acids is 1. The van der Waals surface area contributed by atoms with E-state index in [-0.39, 0.29) is 18.0 Å². The molecule has 1 aliphatic carbocycles. The number of amides is 1. The molecule has 2 heterocycles. The predicted molar refractivity (Wildman–Crippen MR) is 76.4 cm³/mol. The van der Waals surface area contributed by atoms with E-state index in [0.29, 0.717) is 18.8 Å². The van der Waals surface area contributed by atoms with E-state index in [1.807, 2.05) is 20.0 Å². The normalized spacial score (nSPS) is 28.8. The van der Waals surface area contributed by atoms with Crippen molar-refractivity contribution in [1.82, 2.24) is 15.1 Å². The fourth-order valence-electron chi connectivity index (χ4n) is 2.98. The lowest BCUT2D eigenvalue weighted by atomic mass is 9.82. The monoisotopic (exact) mass is 291 g/mol. The minimum absolute atomic E-state index is 0.0852. The number of aryl methyl sites for hydroxylation is 1. The molecule has 2 N–H and O–H groups in total. The molecule has 6 nitrogen and oxygen atoms in total. The van der Waals surface area contributed by atoms with Gasteiger partial charge in [-0.1, -0.05) is 0 Å². The van der Waals surface area contributed by atoms with Gasteiger partial charge in [0.1, 0.15) is 5.76 Å². The highest BCUT2D eigenvalue weighted by atomic mass is 16.5. The molecule has 0 saturated heterocycles. The zero-order valence-corrected chi connectivity index (χ0v) is 12.4. The average Bonchev–Trinajstić information content (AvgIpc) is 2.84. The van der Waals surface area contributed by atoms with Crippen molar-refractivity contribution < 1.29 is 14.6 Å². The Kier molecular flexibility index (Phi) is 3.71. The Morgan fingerprint density at radius 3 is 2.95 bits per heavy atom. The molecule has 1 aliphatic heterocycles. The Bertz CT molecular complexity index is 578. The molecular weight excluding hydrogens is 270 g/mol. The van der Waals surface area contributed by atoms with E-state index in [0.717, 1.165) is 24.0 Å². The molecule has 1 amide bonds. The highest BCUT2D eigenvalue weighted by Gasteiger charge is 2.43.